The van der Waals surface area contributed by atoms with Crippen LogP contribution in [0.25, 0.3) is 0 Å². The van der Waals surface area contributed by atoms with Gasteiger partial charge in [-0.15, -0.1) is 10.2 Å². The molecule has 2 rings (SSSR count). The van der Waals surface area contributed by atoms with Crippen LogP contribution < -0.4 is 5.32 Å². The van der Waals surface area contributed by atoms with Crippen molar-refractivity contribution in [1.82, 2.24) is 25.5 Å². The lowest BCUT2D eigenvalue weighted by Gasteiger charge is -2.16. The highest BCUT2D eigenvalue weighted by Gasteiger charge is 2.21. The summed E-state index contributed by atoms with van der Waals surface area (Å²) in [6.07, 6.45) is 1.61. The third kappa shape index (κ3) is 2.90. The summed E-state index contributed by atoms with van der Waals surface area (Å²) >= 11 is 0. The molecule has 0 aliphatic carbocycles. The van der Waals surface area contributed by atoms with Crippen molar-refractivity contribution in [2.75, 3.05) is 13.6 Å². The van der Waals surface area contributed by atoms with Crippen molar-refractivity contribution >= 4 is 0 Å². The summed E-state index contributed by atoms with van der Waals surface area (Å²) in [5.74, 6) is -3.16. The molecule has 8 heteroatoms. The Morgan fingerprint density at radius 2 is 1.95 bits per heavy atom. The van der Waals surface area contributed by atoms with Crippen molar-refractivity contribution in [3.8, 4) is 0 Å². The van der Waals surface area contributed by atoms with Crippen molar-refractivity contribution in [3.05, 3.63) is 41.5 Å². The predicted molar refractivity (Wildman–Crippen MR) is 60.8 cm³/mol. The third-order valence-electron chi connectivity index (χ3n) is 2.71. The fraction of sp³-hybridized carbons (Fsp3) is 0.364. The normalized spacial score (nSPS) is 12.6. The van der Waals surface area contributed by atoms with E-state index in [-0.39, 0.29) is 5.56 Å². The van der Waals surface area contributed by atoms with E-state index in [0.29, 0.717) is 19.0 Å². The van der Waals surface area contributed by atoms with Gasteiger partial charge in [-0.05, 0) is 31.3 Å². The molecular formula is C11H12F3N5. The lowest BCUT2D eigenvalue weighted by molar-refractivity contribution is 0.400. The van der Waals surface area contributed by atoms with Gasteiger partial charge < -0.3 is 5.32 Å². The van der Waals surface area contributed by atoms with Gasteiger partial charge in [-0.2, -0.15) is 4.80 Å². The molecule has 1 N–H and O–H groups in total. The number of benzene rings is 1. The minimum Gasteiger partial charge on any atom is -0.320 e. The summed E-state index contributed by atoms with van der Waals surface area (Å²) in [6, 6.07) is 0.701. The number of hydrogen-bond donors (Lipinski definition) is 1. The van der Waals surface area contributed by atoms with Gasteiger partial charge in [0.1, 0.15) is 11.9 Å². The Labute approximate surface area is 107 Å². The number of nitrogens with zero attached hydrogens (tertiary/aromatic N) is 4. The first kappa shape index (κ1) is 13.5. The quantitative estimate of drug-likeness (QED) is 0.833. The zero-order chi connectivity index (χ0) is 13.8. The first-order valence-corrected chi connectivity index (χ1v) is 5.65. The minimum atomic E-state index is -1.22. The highest BCUT2D eigenvalue weighted by atomic mass is 19.2. The SMILES string of the molecule is CNCCC(c1cc(F)c(F)cc1F)n1ncnn1. The van der Waals surface area contributed by atoms with Crippen LogP contribution in [0, 0.1) is 17.5 Å². The van der Waals surface area contributed by atoms with Crippen molar-refractivity contribution in [3.63, 3.8) is 0 Å². The molecule has 0 bridgehead atoms. The zero-order valence-electron chi connectivity index (χ0n) is 10.1. The Kier molecular flexibility index (Phi) is 4.10. The Balaban J connectivity index is 2.40. The molecule has 102 valence electrons. The molecule has 0 amide bonds. The van der Waals surface area contributed by atoms with Gasteiger partial charge >= 0.3 is 0 Å². The van der Waals surface area contributed by atoms with Crippen molar-refractivity contribution in [1.29, 1.82) is 0 Å². The summed E-state index contributed by atoms with van der Waals surface area (Å²) in [7, 11) is 1.73. The highest BCUT2D eigenvalue weighted by Crippen LogP contribution is 2.25. The topological polar surface area (TPSA) is 55.6 Å². The van der Waals surface area contributed by atoms with Gasteiger partial charge in [0.05, 0.1) is 0 Å². The zero-order valence-corrected chi connectivity index (χ0v) is 10.1. The maximum absolute atomic E-state index is 13.8. The molecular weight excluding hydrogens is 259 g/mol. The van der Waals surface area contributed by atoms with Crippen LogP contribution >= 0.6 is 0 Å². The monoisotopic (exact) mass is 271 g/mol. The molecule has 0 saturated heterocycles. The molecule has 0 saturated carbocycles. The summed E-state index contributed by atoms with van der Waals surface area (Å²) in [5, 5.41) is 13.9. The number of tetrazole rings is 1. The second kappa shape index (κ2) is 5.79. The highest BCUT2D eigenvalue weighted by molar-refractivity contribution is 5.23. The predicted octanol–water partition coefficient (Wildman–Crippen LogP) is 1.29. The first-order chi connectivity index (χ1) is 9.13. The molecule has 0 aliphatic heterocycles. The molecule has 0 fully saturated rings. The van der Waals surface area contributed by atoms with Gasteiger partial charge in [0.15, 0.2) is 18.0 Å². The number of hydrogen-bond acceptors (Lipinski definition) is 4. The van der Waals surface area contributed by atoms with E-state index in [0.717, 1.165) is 6.07 Å². The molecule has 5 nitrogen and oxygen atoms in total. The van der Waals surface area contributed by atoms with E-state index in [9.17, 15) is 13.2 Å². The summed E-state index contributed by atoms with van der Waals surface area (Å²) in [4.78, 5) is 1.17. The van der Waals surface area contributed by atoms with Gasteiger partial charge in [0.25, 0.3) is 0 Å². The van der Waals surface area contributed by atoms with Crippen LogP contribution in [0.1, 0.15) is 18.0 Å². The van der Waals surface area contributed by atoms with E-state index in [2.05, 4.69) is 20.7 Å². The van der Waals surface area contributed by atoms with E-state index in [1.807, 2.05) is 0 Å². The van der Waals surface area contributed by atoms with Gasteiger partial charge in [-0.25, -0.2) is 13.2 Å². The fourth-order valence-corrected chi connectivity index (χ4v) is 1.79. The Bertz CT molecular complexity index is 544. The second-order valence-corrected chi connectivity index (χ2v) is 3.95. The largest absolute Gasteiger partial charge is 0.320 e. The number of rotatable bonds is 5. The number of halogens is 3. The number of nitrogens with one attached hydrogen (secondary N) is 1. The third-order valence-corrected chi connectivity index (χ3v) is 2.71. The van der Waals surface area contributed by atoms with Crippen LogP contribution in [-0.4, -0.2) is 33.8 Å². The van der Waals surface area contributed by atoms with Crippen molar-refractivity contribution < 1.29 is 13.2 Å². The van der Waals surface area contributed by atoms with E-state index in [1.165, 1.54) is 11.1 Å². The van der Waals surface area contributed by atoms with Gasteiger partial charge in [-0.1, -0.05) is 0 Å². The molecule has 0 radical (unpaired) electrons. The standard InChI is InChI=1S/C11H12F3N5/c1-15-3-2-11(19-17-6-16-18-19)7-4-9(13)10(14)5-8(7)12/h4-6,11,15H,2-3H2,1H3. The molecule has 0 spiro atoms. The maximum atomic E-state index is 13.8. The van der Waals surface area contributed by atoms with Gasteiger partial charge in [0, 0.05) is 11.6 Å². The molecule has 0 aliphatic rings. The Morgan fingerprint density at radius 3 is 2.58 bits per heavy atom. The van der Waals surface area contributed by atoms with Crippen LogP contribution in [0.15, 0.2) is 18.5 Å². The van der Waals surface area contributed by atoms with Gasteiger partial charge in [-0.3, -0.25) is 0 Å². The van der Waals surface area contributed by atoms with Crippen molar-refractivity contribution in [2.45, 2.75) is 12.5 Å². The molecule has 19 heavy (non-hydrogen) atoms. The maximum Gasteiger partial charge on any atom is 0.162 e. The summed E-state index contributed by atoms with van der Waals surface area (Å²) in [5.41, 5.74) is -0.00727. The van der Waals surface area contributed by atoms with Crippen molar-refractivity contribution in [2.24, 2.45) is 0 Å². The Hall–Kier alpha value is -1.96. The molecule has 1 heterocycles. The molecule has 1 aromatic carbocycles. The lowest BCUT2D eigenvalue weighted by atomic mass is 10.0. The number of aromatic nitrogens is 4. The Morgan fingerprint density at radius 1 is 1.21 bits per heavy atom. The van der Waals surface area contributed by atoms with Gasteiger partial charge in [0.2, 0.25) is 0 Å². The average molecular weight is 271 g/mol. The summed E-state index contributed by atoms with van der Waals surface area (Å²) in [6.45, 7) is 0.532. The van der Waals surface area contributed by atoms with E-state index >= 15 is 0 Å². The molecule has 1 atom stereocenters. The smallest absolute Gasteiger partial charge is 0.162 e. The first-order valence-electron chi connectivity index (χ1n) is 5.65. The van der Waals surface area contributed by atoms with Crippen LogP contribution in [0.2, 0.25) is 0 Å². The van der Waals surface area contributed by atoms with Crippen LogP contribution in [-0.2, 0) is 0 Å². The minimum absolute atomic E-state index is 0.00727. The molecule has 1 unspecified atom stereocenters. The average Bonchev–Trinajstić information content (AvgIpc) is 2.89. The van der Waals surface area contributed by atoms with Crippen LogP contribution in [0.5, 0.6) is 0 Å². The van der Waals surface area contributed by atoms with E-state index in [1.54, 1.807) is 7.05 Å². The van der Waals surface area contributed by atoms with Crippen LogP contribution in [0.4, 0.5) is 13.2 Å². The summed E-state index contributed by atoms with van der Waals surface area (Å²) < 4.78 is 40.0. The second-order valence-electron chi connectivity index (χ2n) is 3.95. The van der Waals surface area contributed by atoms with E-state index < -0.39 is 23.5 Å². The van der Waals surface area contributed by atoms with E-state index in [4.69, 9.17) is 0 Å². The lowest BCUT2D eigenvalue weighted by Crippen LogP contribution is -2.21. The fourth-order valence-electron chi connectivity index (χ4n) is 1.79. The van der Waals surface area contributed by atoms with Crippen LogP contribution in [0.3, 0.4) is 0 Å². The molecule has 2 aromatic rings. The molecule has 1 aromatic heterocycles.